The summed E-state index contributed by atoms with van der Waals surface area (Å²) in [4.78, 5) is 13.4. The van der Waals surface area contributed by atoms with E-state index in [1.807, 2.05) is 23.8 Å². The topological polar surface area (TPSA) is 65.1 Å². The highest BCUT2D eigenvalue weighted by atomic mass is 19.1. The molecule has 6 nitrogen and oxygen atoms in total. The van der Waals surface area contributed by atoms with Crippen LogP contribution in [0.1, 0.15) is 51.8 Å². The molecule has 31 heavy (non-hydrogen) atoms. The molecule has 5 rings (SSSR count). The average molecular weight is 420 g/mol. The average Bonchev–Trinajstić information content (AvgIpc) is 3.16. The normalized spacial score (nSPS) is 21.7. The van der Waals surface area contributed by atoms with Gasteiger partial charge < -0.3 is 4.57 Å². The molecule has 0 N–H and O–H groups in total. The van der Waals surface area contributed by atoms with Gasteiger partial charge in [-0.15, -0.1) is 10.2 Å². The van der Waals surface area contributed by atoms with Crippen molar-refractivity contribution in [2.75, 3.05) is 0 Å². The van der Waals surface area contributed by atoms with Crippen molar-refractivity contribution in [1.82, 2.24) is 24.4 Å². The Morgan fingerprint density at radius 1 is 1.10 bits per heavy atom. The fraction of sp³-hybridized carbons (Fsp3) is 0.417. The number of benzene rings is 1. The van der Waals surface area contributed by atoms with Crippen LogP contribution < -0.4 is 5.56 Å². The number of hydrogen-bond acceptors (Lipinski definition) is 4. The van der Waals surface area contributed by atoms with Crippen molar-refractivity contribution in [3.63, 3.8) is 0 Å². The van der Waals surface area contributed by atoms with Crippen molar-refractivity contribution >= 4 is 16.7 Å². The third-order valence-electron chi connectivity index (χ3n) is 6.97. The Hall–Kier alpha value is -3.09. The second-order valence-corrected chi connectivity index (χ2v) is 8.71. The molecule has 3 aromatic heterocycles. The van der Waals surface area contributed by atoms with E-state index in [0.717, 1.165) is 29.7 Å². The molecule has 0 saturated heterocycles. The molecular weight excluding hydrogens is 393 g/mol. The van der Waals surface area contributed by atoms with Gasteiger partial charge in [-0.2, -0.15) is 5.10 Å². The van der Waals surface area contributed by atoms with Crippen LogP contribution in [0.2, 0.25) is 0 Å². The van der Waals surface area contributed by atoms with E-state index >= 15 is 0 Å². The van der Waals surface area contributed by atoms with Crippen LogP contribution in [-0.2, 0) is 6.42 Å². The molecule has 4 aromatic rings. The molecule has 0 radical (unpaired) electrons. The molecule has 7 heteroatoms. The molecule has 1 aliphatic carbocycles. The zero-order valence-electron chi connectivity index (χ0n) is 18.0. The summed E-state index contributed by atoms with van der Waals surface area (Å²) in [5.41, 5.74) is 3.94. The molecule has 1 aliphatic rings. The Balaban J connectivity index is 1.70. The molecule has 0 amide bonds. The second kappa shape index (κ2) is 7.55. The number of hydrogen-bond donors (Lipinski definition) is 0. The van der Waals surface area contributed by atoms with Crippen LogP contribution in [-0.4, -0.2) is 24.4 Å². The Morgan fingerprint density at radius 2 is 1.87 bits per heavy atom. The van der Waals surface area contributed by atoms with Gasteiger partial charge in [-0.3, -0.25) is 4.79 Å². The molecule has 1 fully saturated rings. The zero-order valence-corrected chi connectivity index (χ0v) is 18.0. The molecule has 0 aliphatic heterocycles. The van der Waals surface area contributed by atoms with Gasteiger partial charge in [0.15, 0.2) is 11.2 Å². The summed E-state index contributed by atoms with van der Waals surface area (Å²) >= 11 is 0. The summed E-state index contributed by atoms with van der Waals surface area (Å²) in [5.74, 6) is 0.732. The van der Waals surface area contributed by atoms with Gasteiger partial charge in [0.25, 0.3) is 5.56 Å². The quantitative estimate of drug-likeness (QED) is 0.478. The summed E-state index contributed by atoms with van der Waals surface area (Å²) in [5, 5.41) is 13.5. The van der Waals surface area contributed by atoms with Gasteiger partial charge in [0, 0.05) is 12.2 Å². The lowest BCUT2D eigenvalue weighted by molar-refractivity contribution is 0.183. The summed E-state index contributed by atoms with van der Waals surface area (Å²) in [6.45, 7) is 6.51. The highest BCUT2D eigenvalue weighted by Crippen LogP contribution is 2.37. The third kappa shape index (κ3) is 3.14. The SMILES string of the molecule is CCc1nn2c(nnc3c(=O)n([C@@H]4CCC[C@H](C)[C@@H]4C)ccc32)c1-c1ccc(F)cc1. The number of rotatable bonds is 3. The number of pyridine rings is 1. The minimum atomic E-state index is -0.290. The maximum absolute atomic E-state index is 13.4. The van der Waals surface area contributed by atoms with Crippen LogP contribution in [0, 0.1) is 17.7 Å². The van der Waals surface area contributed by atoms with Gasteiger partial charge in [-0.25, -0.2) is 8.91 Å². The van der Waals surface area contributed by atoms with Gasteiger partial charge in [-0.1, -0.05) is 45.7 Å². The fourth-order valence-corrected chi connectivity index (χ4v) is 4.97. The van der Waals surface area contributed by atoms with Gasteiger partial charge >= 0.3 is 0 Å². The first kappa shape index (κ1) is 19.8. The lowest BCUT2D eigenvalue weighted by atomic mass is 9.78. The van der Waals surface area contributed by atoms with Gasteiger partial charge in [0.2, 0.25) is 0 Å². The highest BCUT2D eigenvalue weighted by Gasteiger charge is 2.29. The van der Waals surface area contributed by atoms with Crippen molar-refractivity contribution in [2.45, 2.75) is 52.5 Å². The van der Waals surface area contributed by atoms with Gasteiger partial charge in [0.05, 0.1) is 11.3 Å². The summed E-state index contributed by atoms with van der Waals surface area (Å²) < 4.78 is 17.0. The van der Waals surface area contributed by atoms with Crippen molar-refractivity contribution in [3.05, 3.63) is 58.4 Å². The second-order valence-electron chi connectivity index (χ2n) is 8.71. The number of aromatic nitrogens is 5. The Morgan fingerprint density at radius 3 is 2.61 bits per heavy atom. The van der Waals surface area contributed by atoms with E-state index in [9.17, 15) is 9.18 Å². The van der Waals surface area contributed by atoms with Gasteiger partial charge in [0.1, 0.15) is 11.3 Å². The van der Waals surface area contributed by atoms with Crippen LogP contribution in [0.25, 0.3) is 27.8 Å². The minimum Gasteiger partial charge on any atom is -0.310 e. The fourth-order valence-electron chi connectivity index (χ4n) is 4.97. The number of nitrogens with zero attached hydrogens (tertiary/aromatic N) is 5. The minimum absolute atomic E-state index is 0.116. The molecule has 3 heterocycles. The zero-order chi connectivity index (χ0) is 21.7. The van der Waals surface area contributed by atoms with Crippen molar-refractivity contribution < 1.29 is 4.39 Å². The first-order valence-electron chi connectivity index (χ1n) is 11.0. The summed E-state index contributed by atoms with van der Waals surface area (Å²) in [6.07, 6.45) is 5.91. The van der Waals surface area contributed by atoms with Crippen molar-refractivity contribution in [1.29, 1.82) is 0 Å². The van der Waals surface area contributed by atoms with Gasteiger partial charge in [-0.05, 0) is 48.4 Å². The lowest BCUT2D eigenvalue weighted by Crippen LogP contribution is -2.34. The smallest absolute Gasteiger partial charge is 0.280 e. The molecule has 0 bridgehead atoms. The molecule has 0 spiro atoms. The van der Waals surface area contributed by atoms with Crippen LogP contribution in [0.4, 0.5) is 4.39 Å². The molecular formula is C24H26FN5O. The largest absolute Gasteiger partial charge is 0.310 e. The lowest BCUT2D eigenvalue weighted by Gasteiger charge is -2.35. The molecule has 160 valence electrons. The maximum atomic E-state index is 13.4. The van der Waals surface area contributed by atoms with Crippen LogP contribution in [0.15, 0.2) is 41.3 Å². The van der Waals surface area contributed by atoms with E-state index in [-0.39, 0.29) is 17.4 Å². The Labute approximate surface area is 179 Å². The van der Waals surface area contributed by atoms with Crippen LogP contribution in [0.5, 0.6) is 0 Å². The third-order valence-corrected chi connectivity index (χ3v) is 6.97. The molecule has 1 aromatic carbocycles. The van der Waals surface area contributed by atoms with E-state index in [1.54, 1.807) is 16.6 Å². The monoisotopic (exact) mass is 419 g/mol. The number of aryl methyl sites for hydroxylation is 1. The first-order valence-corrected chi connectivity index (χ1v) is 11.0. The molecule has 1 saturated carbocycles. The predicted molar refractivity (Wildman–Crippen MR) is 119 cm³/mol. The highest BCUT2D eigenvalue weighted by molar-refractivity contribution is 5.84. The van der Waals surface area contributed by atoms with Crippen LogP contribution >= 0.6 is 0 Å². The predicted octanol–water partition coefficient (Wildman–Crippen LogP) is 4.80. The molecule has 3 atom stereocenters. The van der Waals surface area contributed by atoms with Crippen molar-refractivity contribution in [3.8, 4) is 11.1 Å². The van der Waals surface area contributed by atoms with E-state index < -0.39 is 0 Å². The first-order chi connectivity index (χ1) is 15.0. The van der Waals surface area contributed by atoms with E-state index in [0.29, 0.717) is 34.9 Å². The van der Waals surface area contributed by atoms with E-state index in [2.05, 4.69) is 24.0 Å². The Bertz CT molecular complexity index is 1320. The Kier molecular flexibility index (Phi) is 4.84. The molecule has 0 unspecified atom stereocenters. The summed E-state index contributed by atoms with van der Waals surface area (Å²) in [7, 11) is 0. The summed E-state index contributed by atoms with van der Waals surface area (Å²) in [6, 6.07) is 8.40. The maximum Gasteiger partial charge on any atom is 0.280 e. The number of halogens is 1. The van der Waals surface area contributed by atoms with E-state index in [4.69, 9.17) is 5.10 Å². The number of fused-ring (bicyclic) bond motifs is 3. The van der Waals surface area contributed by atoms with Crippen LogP contribution in [0.3, 0.4) is 0 Å². The van der Waals surface area contributed by atoms with E-state index in [1.165, 1.54) is 18.6 Å². The standard InChI is InChI=1S/C24H26FN5O/c1-4-18-21(16-8-10-17(25)11-9-16)23-27-26-22-20(30(23)28-18)12-13-29(24(22)31)19-7-5-6-14(2)15(19)3/h8-15,19H,4-7H2,1-3H3/t14-,15-,19+/m0/s1. The van der Waals surface area contributed by atoms with Crippen molar-refractivity contribution in [2.24, 2.45) is 11.8 Å².